The van der Waals surface area contributed by atoms with Crippen LogP contribution >= 0.6 is 11.8 Å². The molecular weight excluding hydrogens is 206 g/mol. The lowest BCUT2D eigenvalue weighted by molar-refractivity contribution is 0.0771. The van der Waals surface area contributed by atoms with E-state index in [-0.39, 0.29) is 5.91 Å². The maximum absolute atomic E-state index is 12.1. The summed E-state index contributed by atoms with van der Waals surface area (Å²) >= 11 is 1.92. The summed E-state index contributed by atoms with van der Waals surface area (Å²) in [5.74, 6) is 2.32. The maximum Gasteiger partial charge on any atom is 0.254 e. The van der Waals surface area contributed by atoms with E-state index in [1.165, 1.54) is 0 Å². The van der Waals surface area contributed by atoms with E-state index in [1.807, 2.05) is 47.9 Å². The summed E-state index contributed by atoms with van der Waals surface area (Å²) in [6.45, 7) is 3.77. The van der Waals surface area contributed by atoms with Crippen LogP contribution in [0.2, 0.25) is 0 Å². The Balaban J connectivity index is 2.16. The lowest BCUT2D eigenvalue weighted by Gasteiger charge is -2.26. The van der Waals surface area contributed by atoms with Crippen molar-refractivity contribution in [2.75, 3.05) is 24.6 Å². The molecule has 0 unspecified atom stereocenters. The minimum atomic E-state index is 0.188. The normalized spacial score (nSPS) is 16.5. The fraction of sp³-hybridized carbons (Fsp3) is 0.417. The molecule has 2 nitrogen and oxygen atoms in total. The molecule has 2 rings (SSSR count). The third-order valence-electron chi connectivity index (χ3n) is 2.67. The number of nitrogens with zero attached hydrogens (tertiary/aromatic N) is 1. The molecule has 15 heavy (non-hydrogen) atoms. The van der Waals surface area contributed by atoms with Gasteiger partial charge in [-0.3, -0.25) is 4.79 Å². The van der Waals surface area contributed by atoms with Crippen molar-refractivity contribution < 1.29 is 4.79 Å². The predicted molar refractivity (Wildman–Crippen MR) is 64.4 cm³/mol. The number of carbonyl (C=O) groups excluding carboxylic acids is 1. The van der Waals surface area contributed by atoms with Crippen LogP contribution in [0.4, 0.5) is 0 Å². The van der Waals surface area contributed by atoms with Crippen molar-refractivity contribution in [3.8, 4) is 0 Å². The van der Waals surface area contributed by atoms with E-state index >= 15 is 0 Å². The Morgan fingerprint density at radius 3 is 2.60 bits per heavy atom. The highest BCUT2D eigenvalue weighted by atomic mass is 32.2. The van der Waals surface area contributed by atoms with Gasteiger partial charge in [-0.25, -0.2) is 0 Å². The maximum atomic E-state index is 12.1. The first-order valence-electron chi connectivity index (χ1n) is 5.21. The van der Waals surface area contributed by atoms with Crippen molar-refractivity contribution in [3.05, 3.63) is 35.4 Å². The molecule has 0 aromatic heterocycles. The van der Waals surface area contributed by atoms with Crippen LogP contribution in [0.1, 0.15) is 15.9 Å². The summed E-state index contributed by atoms with van der Waals surface area (Å²) < 4.78 is 0. The SMILES string of the molecule is Cc1ccccc1C(=O)N1CCSCC1. The van der Waals surface area contributed by atoms with E-state index in [0.717, 1.165) is 35.7 Å². The van der Waals surface area contributed by atoms with Gasteiger partial charge >= 0.3 is 0 Å². The van der Waals surface area contributed by atoms with E-state index in [9.17, 15) is 4.79 Å². The summed E-state index contributed by atoms with van der Waals surface area (Å²) in [7, 11) is 0. The largest absolute Gasteiger partial charge is 0.337 e. The molecule has 1 fully saturated rings. The van der Waals surface area contributed by atoms with Gasteiger partial charge in [-0.1, -0.05) is 18.2 Å². The van der Waals surface area contributed by atoms with Crippen molar-refractivity contribution >= 4 is 17.7 Å². The zero-order chi connectivity index (χ0) is 10.7. The molecule has 0 N–H and O–H groups in total. The zero-order valence-electron chi connectivity index (χ0n) is 8.90. The van der Waals surface area contributed by atoms with Crippen LogP contribution in [0.5, 0.6) is 0 Å². The van der Waals surface area contributed by atoms with Crippen molar-refractivity contribution in [2.45, 2.75) is 6.92 Å². The Morgan fingerprint density at radius 1 is 1.27 bits per heavy atom. The highest BCUT2D eigenvalue weighted by Crippen LogP contribution is 2.15. The fourth-order valence-electron chi connectivity index (χ4n) is 1.75. The molecule has 1 amide bonds. The Bertz CT molecular complexity index is 358. The first-order valence-corrected chi connectivity index (χ1v) is 6.37. The van der Waals surface area contributed by atoms with Gasteiger partial charge in [0.1, 0.15) is 0 Å². The third kappa shape index (κ3) is 2.34. The van der Waals surface area contributed by atoms with E-state index in [0.29, 0.717) is 0 Å². The second kappa shape index (κ2) is 4.71. The van der Waals surface area contributed by atoms with Crippen LogP contribution in [0.25, 0.3) is 0 Å². The zero-order valence-corrected chi connectivity index (χ0v) is 9.72. The van der Waals surface area contributed by atoms with Gasteiger partial charge in [0.2, 0.25) is 0 Å². The Morgan fingerprint density at radius 2 is 1.93 bits per heavy atom. The highest BCUT2D eigenvalue weighted by Gasteiger charge is 2.19. The number of rotatable bonds is 1. The van der Waals surface area contributed by atoms with E-state index in [4.69, 9.17) is 0 Å². The number of amides is 1. The molecule has 0 saturated carbocycles. The van der Waals surface area contributed by atoms with Gasteiger partial charge in [0.05, 0.1) is 0 Å². The number of carbonyl (C=O) groups is 1. The Kier molecular flexibility index (Phi) is 3.31. The summed E-state index contributed by atoms with van der Waals surface area (Å²) in [6, 6.07) is 7.81. The van der Waals surface area contributed by atoms with Crippen LogP contribution in [-0.4, -0.2) is 35.4 Å². The van der Waals surface area contributed by atoms with Gasteiger partial charge < -0.3 is 4.90 Å². The van der Waals surface area contributed by atoms with Crippen molar-refractivity contribution in [3.63, 3.8) is 0 Å². The van der Waals surface area contributed by atoms with Gasteiger partial charge in [0, 0.05) is 30.2 Å². The van der Waals surface area contributed by atoms with E-state index in [1.54, 1.807) is 0 Å². The molecular formula is C12H15NOS. The Labute approximate surface area is 94.7 Å². The molecule has 1 aliphatic heterocycles. The monoisotopic (exact) mass is 221 g/mol. The second-order valence-corrected chi connectivity index (χ2v) is 4.94. The first kappa shape index (κ1) is 10.6. The smallest absolute Gasteiger partial charge is 0.254 e. The van der Waals surface area contributed by atoms with Crippen LogP contribution in [0.3, 0.4) is 0 Å². The molecule has 0 bridgehead atoms. The van der Waals surface area contributed by atoms with Crippen molar-refractivity contribution in [1.29, 1.82) is 0 Å². The molecule has 0 aliphatic carbocycles. The topological polar surface area (TPSA) is 20.3 Å². The lowest BCUT2D eigenvalue weighted by Crippen LogP contribution is -2.38. The van der Waals surface area contributed by atoms with Gasteiger partial charge in [-0.15, -0.1) is 0 Å². The molecule has 0 radical (unpaired) electrons. The highest BCUT2D eigenvalue weighted by molar-refractivity contribution is 7.99. The van der Waals surface area contributed by atoms with Crippen LogP contribution < -0.4 is 0 Å². The van der Waals surface area contributed by atoms with Crippen LogP contribution in [0.15, 0.2) is 24.3 Å². The molecule has 0 atom stereocenters. The molecule has 1 aromatic rings. The minimum Gasteiger partial charge on any atom is -0.337 e. The molecule has 1 heterocycles. The number of thioether (sulfide) groups is 1. The average Bonchev–Trinajstić information content (AvgIpc) is 2.30. The van der Waals surface area contributed by atoms with Crippen LogP contribution in [-0.2, 0) is 0 Å². The number of benzene rings is 1. The summed E-state index contributed by atoms with van der Waals surface area (Å²) in [5.41, 5.74) is 1.92. The van der Waals surface area contributed by atoms with Crippen molar-refractivity contribution in [2.24, 2.45) is 0 Å². The van der Waals surface area contributed by atoms with Crippen molar-refractivity contribution in [1.82, 2.24) is 4.90 Å². The van der Waals surface area contributed by atoms with E-state index in [2.05, 4.69) is 0 Å². The first-order chi connectivity index (χ1) is 7.29. The lowest BCUT2D eigenvalue weighted by atomic mass is 10.1. The van der Waals surface area contributed by atoms with E-state index < -0.39 is 0 Å². The number of hydrogen-bond acceptors (Lipinski definition) is 2. The molecule has 1 aliphatic rings. The second-order valence-electron chi connectivity index (χ2n) is 3.72. The third-order valence-corrected chi connectivity index (χ3v) is 3.62. The molecule has 80 valence electrons. The molecule has 0 spiro atoms. The summed E-state index contributed by atoms with van der Waals surface area (Å²) in [5, 5.41) is 0. The van der Waals surface area contributed by atoms with Gasteiger partial charge in [0.25, 0.3) is 5.91 Å². The minimum absolute atomic E-state index is 0.188. The average molecular weight is 221 g/mol. The summed E-state index contributed by atoms with van der Waals surface area (Å²) in [6.07, 6.45) is 0. The fourth-order valence-corrected chi connectivity index (χ4v) is 2.65. The Hall–Kier alpha value is -0.960. The number of aryl methyl sites for hydroxylation is 1. The van der Waals surface area contributed by atoms with Gasteiger partial charge in [-0.05, 0) is 18.6 Å². The van der Waals surface area contributed by atoms with Gasteiger partial charge in [-0.2, -0.15) is 11.8 Å². The van der Waals surface area contributed by atoms with Gasteiger partial charge in [0.15, 0.2) is 0 Å². The van der Waals surface area contributed by atoms with Crippen LogP contribution in [0, 0.1) is 6.92 Å². The molecule has 1 aromatic carbocycles. The summed E-state index contributed by atoms with van der Waals surface area (Å²) in [4.78, 5) is 14.1. The molecule has 3 heteroatoms. The quantitative estimate of drug-likeness (QED) is 0.724. The molecule has 1 saturated heterocycles. The number of hydrogen-bond donors (Lipinski definition) is 0. The standard InChI is InChI=1S/C12H15NOS/c1-10-4-2-3-5-11(10)12(14)13-6-8-15-9-7-13/h2-5H,6-9H2,1H3. The predicted octanol–water partition coefficient (Wildman–Crippen LogP) is 2.18.